The van der Waals surface area contributed by atoms with Crippen molar-refractivity contribution in [3.05, 3.63) is 52.4 Å². The van der Waals surface area contributed by atoms with Gasteiger partial charge in [0.05, 0.1) is 30.0 Å². The largest absolute Gasteiger partial charge is 0.507 e. The van der Waals surface area contributed by atoms with Gasteiger partial charge in [0.2, 0.25) is 0 Å². The molecule has 0 saturated carbocycles. The molecule has 1 aliphatic rings. The van der Waals surface area contributed by atoms with Crippen LogP contribution in [0, 0.1) is 5.92 Å². The molecule has 168 valence electrons. The zero-order valence-electron chi connectivity index (χ0n) is 18.3. The Morgan fingerprint density at radius 2 is 1.88 bits per heavy atom. The third-order valence-electron chi connectivity index (χ3n) is 5.54. The smallest absolute Gasteiger partial charge is 0.348 e. The van der Waals surface area contributed by atoms with E-state index in [1.807, 2.05) is 24.3 Å². The van der Waals surface area contributed by atoms with Crippen molar-refractivity contribution in [2.45, 2.75) is 20.3 Å². The van der Waals surface area contributed by atoms with Crippen LogP contribution in [-0.2, 0) is 4.74 Å². The second-order valence-corrected chi connectivity index (χ2v) is 8.38. The number of anilines is 2. The topological polar surface area (TPSA) is 135 Å². The maximum absolute atomic E-state index is 12.6. The molecule has 9 heteroatoms. The van der Waals surface area contributed by atoms with Gasteiger partial charge in [-0.05, 0) is 36.2 Å². The molecular weight excluding hydrogens is 408 g/mol. The van der Waals surface area contributed by atoms with Crippen molar-refractivity contribution < 1.29 is 15.3 Å². The van der Waals surface area contributed by atoms with Crippen LogP contribution in [0.1, 0.15) is 25.8 Å². The Bertz CT molecular complexity index is 1170. The molecule has 0 aliphatic carbocycles. The van der Waals surface area contributed by atoms with E-state index in [2.05, 4.69) is 28.9 Å². The van der Waals surface area contributed by atoms with Crippen LogP contribution < -0.4 is 21.7 Å². The first-order chi connectivity index (χ1) is 15.3. The highest BCUT2D eigenvalue weighted by atomic mass is 16.5. The van der Waals surface area contributed by atoms with Crippen LogP contribution in [-0.4, -0.2) is 51.9 Å². The van der Waals surface area contributed by atoms with E-state index in [0.717, 1.165) is 18.8 Å². The molecule has 0 unspecified atom stereocenters. The van der Waals surface area contributed by atoms with E-state index in [4.69, 9.17) is 15.9 Å². The fourth-order valence-electron chi connectivity index (χ4n) is 3.96. The zero-order valence-corrected chi connectivity index (χ0v) is 18.3. The van der Waals surface area contributed by atoms with Crippen molar-refractivity contribution in [3.8, 4) is 22.8 Å². The molecule has 0 radical (unpaired) electrons. The molecule has 0 bridgehead atoms. The molecule has 1 saturated heterocycles. The van der Waals surface area contributed by atoms with Gasteiger partial charge in [-0.15, -0.1) is 0 Å². The van der Waals surface area contributed by atoms with Crippen molar-refractivity contribution in [2.24, 2.45) is 5.92 Å². The number of phenolic OH excluding ortho intramolecular Hbond substituents is 1. The molecule has 0 amide bonds. The van der Waals surface area contributed by atoms with Crippen LogP contribution in [0.25, 0.3) is 17.1 Å². The normalized spacial score (nSPS) is 14.2. The highest BCUT2D eigenvalue weighted by Gasteiger charge is 2.21. The Balaban J connectivity index is 1.73. The average Bonchev–Trinajstić information content (AvgIpc) is 3.15. The van der Waals surface area contributed by atoms with Crippen molar-refractivity contribution in [3.63, 3.8) is 0 Å². The Morgan fingerprint density at radius 3 is 2.53 bits per heavy atom. The molecule has 0 atom stereocenters. The number of aromatic nitrogens is 3. The summed E-state index contributed by atoms with van der Waals surface area (Å²) in [6.45, 7) is 7.18. The van der Waals surface area contributed by atoms with E-state index in [9.17, 15) is 9.90 Å². The lowest BCUT2D eigenvalue weighted by molar-refractivity contribution is -0.115. The van der Waals surface area contributed by atoms with Crippen LogP contribution in [0.5, 0.6) is 5.75 Å². The van der Waals surface area contributed by atoms with E-state index in [-0.39, 0.29) is 11.6 Å². The number of aromatic amines is 1. The number of hydrogen-bond acceptors (Lipinski definition) is 6. The third-order valence-corrected chi connectivity index (χ3v) is 5.54. The van der Waals surface area contributed by atoms with Gasteiger partial charge in [-0.1, -0.05) is 13.8 Å². The number of nitrogens with zero attached hydrogens (tertiary/aromatic N) is 3. The van der Waals surface area contributed by atoms with Crippen LogP contribution in [0.4, 0.5) is 11.4 Å². The van der Waals surface area contributed by atoms with Crippen molar-refractivity contribution in [1.82, 2.24) is 14.8 Å². The van der Waals surface area contributed by atoms with Crippen molar-refractivity contribution in [2.75, 3.05) is 36.9 Å². The van der Waals surface area contributed by atoms with Gasteiger partial charge in [0.1, 0.15) is 5.75 Å². The van der Waals surface area contributed by atoms with E-state index in [0.29, 0.717) is 53.8 Å². The highest BCUT2D eigenvalue weighted by molar-refractivity contribution is 6.02. The first kappa shape index (κ1) is 21.6. The molecule has 1 aromatic heterocycles. The van der Waals surface area contributed by atoms with Gasteiger partial charge < -0.3 is 20.5 Å². The summed E-state index contributed by atoms with van der Waals surface area (Å²) in [6.07, 6.45) is 0.658. The summed E-state index contributed by atoms with van der Waals surface area (Å²) in [6, 6.07) is 10.8. The molecular formula is C23H29N6O3+. The molecule has 4 rings (SSSR count). The second-order valence-electron chi connectivity index (χ2n) is 8.38. The van der Waals surface area contributed by atoms with Crippen molar-refractivity contribution in [1.29, 1.82) is 0 Å². The Hall–Kier alpha value is -3.59. The van der Waals surface area contributed by atoms with Crippen LogP contribution >= 0.6 is 0 Å². The number of nitrogens with one attached hydrogen (secondary N) is 1. The molecule has 1 aliphatic heterocycles. The third kappa shape index (κ3) is 4.24. The number of nitrogens with two attached hydrogens (primary N) is 2. The number of ether oxygens (including phenoxy) is 1. The molecule has 1 fully saturated rings. The summed E-state index contributed by atoms with van der Waals surface area (Å²) in [5.41, 5.74) is 9.41. The maximum atomic E-state index is 12.6. The summed E-state index contributed by atoms with van der Waals surface area (Å²) >= 11 is 0. The summed E-state index contributed by atoms with van der Waals surface area (Å²) < 4.78 is 6.84. The minimum atomic E-state index is -0.406. The molecule has 2 heterocycles. The average molecular weight is 438 g/mol. The predicted molar refractivity (Wildman–Crippen MR) is 124 cm³/mol. The zero-order chi connectivity index (χ0) is 22.8. The second kappa shape index (κ2) is 8.88. The number of rotatable bonds is 6. The molecule has 2 aromatic carbocycles. The number of H-pyrrole nitrogens is 1. The minimum absolute atomic E-state index is 0.0752. The fourth-order valence-corrected chi connectivity index (χ4v) is 3.96. The number of morpholine rings is 1. The van der Waals surface area contributed by atoms with Gasteiger partial charge in [0, 0.05) is 37.0 Å². The fraction of sp³-hybridized carbons (Fsp3) is 0.348. The number of hydrogen-bond donors (Lipinski definition) is 4. The monoisotopic (exact) mass is 437 g/mol. The highest BCUT2D eigenvalue weighted by Crippen LogP contribution is 2.33. The van der Waals surface area contributed by atoms with Gasteiger partial charge >= 0.3 is 5.69 Å². The maximum Gasteiger partial charge on any atom is 0.348 e. The predicted octanol–water partition coefficient (Wildman–Crippen LogP) is 0.946. The SMILES string of the molecule is CC(C)CC(=[NH2+])c1cc(-c2n[nH]c(=O)n2-c2ccc(N3CCOCC3)cc2)c(O)cc1N. The summed E-state index contributed by atoms with van der Waals surface area (Å²) in [7, 11) is 0. The summed E-state index contributed by atoms with van der Waals surface area (Å²) in [5.74, 6) is 0.555. The lowest BCUT2D eigenvalue weighted by Crippen LogP contribution is -2.41. The van der Waals surface area contributed by atoms with Gasteiger partial charge in [-0.25, -0.2) is 14.5 Å². The number of nitrogen functional groups attached to an aromatic ring is 1. The summed E-state index contributed by atoms with van der Waals surface area (Å²) in [4.78, 5) is 14.9. The van der Waals surface area contributed by atoms with E-state index < -0.39 is 5.69 Å². The Kier molecular flexibility index (Phi) is 6.00. The standard InChI is InChI=1S/C23H28N6O3/c1-14(2)11-19(24)17-12-18(21(30)13-20(17)25)22-26-27-23(31)29(22)16-5-3-15(4-6-16)28-7-9-32-10-8-28/h3-6,12-14,24,30H,7-11,25H2,1-2H3,(H,27,31)/p+1. The minimum Gasteiger partial charge on any atom is -0.507 e. The number of aromatic hydroxyl groups is 1. The molecule has 9 nitrogen and oxygen atoms in total. The number of phenols is 1. The van der Waals surface area contributed by atoms with E-state index in [1.54, 1.807) is 6.07 Å². The molecule has 6 N–H and O–H groups in total. The summed E-state index contributed by atoms with van der Waals surface area (Å²) in [5, 5.41) is 23.5. The van der Waals surface area contributed by atoms with E-state index >= 15 is 0 Å². The Labute approximate surface area is 186 Å². The molecule has 32 heavy (non-hydrogen) atoms. The molecule has 0 spiro atoms. The first-order valence-corrected chi connectivity index (χ1v) is 10.7. The first-order valence-electron chi connectivity index (χ1n) is 10.7. The van der Waals surface area contributed by atoms with Crippen LogP contribution in [0.3, 0.4) is 0 Å². The van der Waals surface area contributed by atoms with Crippen molar-refractivity contribution >= 4 is 17.1 Å². The van der Waals surface area contributed by atoms with E-state index in [1.165, 1.54) is 10.6 Å². The lowest BCUT2D eigenvalue weighted by atomic mass is 9.97. The molecule has 3 aromatic rings. The lowest BCUT2D eigenvalue weighted by Gasteiger charge is -2.28. The quantitative estimate of drug-likeness (QED) is 0.335. The van der Waals surface area contributed by atoms with Crippen LogP contribution in [0.2, 0.25) is 0 Å². The van der Waals surface area contributed by atoms with Gasteiger partial charge in [0.15, 0.2) is 11.5 Å². The van der Waals surface area contributed by atoms with Gasteiger partial charge in [0.25, 0.3) is 0 Å². The Morgan fingerprint density at radius 1 is 1.22 bits per heavy atom. The van der Waals surface area contributed by atoms with Crippen LogP contribution in [0.15, 0.2) is 41.2 Å². The number of benzene rings is 2. The van der Waals surface area contributed by atoms with Gasteiger partial charge in [-0.2, -0.15) is 5.10 Å². The van der Waals surface area contributed by atoms with Gasteiger partial charge in [-0.3, -0.25) is 5.41 Å².